The number of guanidine groups is 1. The lowest BCUT2D eigenvalue weighted by Crippen LogP contribution is -2.36. The van der Waals surface area contributed by atoms with Gasteiger partial charge in [0.15, 0.2) is 5.96 Å². The third-order valence-corrected chi connectivity index (χ3v) is 4.76. The van der Waals surface area contributed by atoms with Gasteiger partial charge >= 0.3 is 0 Å². The first-order chi connectivity index (χ1) is 13.1. The van der Waals surface area contributed by atoms with Crippen LogP contribution >= 0.6 is 0 Å². The molecule has 0 bridgehead atoms. The average Bonchev–Trinajstić information content (AvgIpc) is 3.07. The van der Waals surface area contributed by atoms with Gasteiger partial charge in [0, 0.05) is 39.6 Å². The minimum absolute atomic E-state index is 0.263. The standard InChI is InChI=1S/C22H28N4O/c1-17-6-3-7-18(12-17)14-24-22(23-2)25-15-19-8-4-9-20(13-19)16-26-11-5-10-21(26)27/h3-4,6-9,12-13H,5,10-11,14-16H2,1-2H3,(H2,23,24,25). The van der Waals surface area contributed by atoms with E-state index < -0.39 is 0 Å². The van der Waals surface area contributed by atoms with E-state index in [1.807, 2.05) is 4.90 Å². The number of hydrogen-bond acceptors (Lipinski definition) is 2. The molecule has 1 amide bonds. The Hall–Kier alpha value is -2.82. The van der Waals surface area contributed by atoms with Crippen molar-refractivity contribution in [2.75, 3.05) is 13.6 Å². The van der Waals surface area contributed by atoms with Gasteiger partial charge in [-0.2, -0.15) is 0 Å². The number of benzene rings is 2. The highest BCUT2D eigenvalue weighted by Gasteiger charge is 2.19. The SMILES string of the molecule is CN=C(NCc1cccc(C)c1)NCc1cccc(CN2CCCC2=O)c1. The molecule has 2 N–H and O–H groups in total. The van der Waals surface area contributed by atoms with Crippen LogP contribution in [0.1, 0.15) is 35.1 Å². The lowest BCUT2D eigenvalue weighted by molar-refractivity contribution is -0.128. The zero-order valence-corrected chi connectivity index (χ0v) is 16.2. The zero-order valence-electron chi connectivity index (χ0n) is 16.2. The number of rotatable bonds is 6. The minimum atomic E-state index is 0.263. The molecule has 0 aromatic heterocycles. The van der Waals surface area contributed by atoms with Gasteiger partial charge in [0.25, 0.3) is 0 Å². The third kappa shape index (κ3) is 5.58. The summed E-state index contributed by atoms with van der Waals surface area (Å²) in [5.74, 6) is 1.04. The molecule has 0 atom stereocenters. The fraction of sp³-hybridized carbons (Fsp3) is 0.364. The van der Waals surface area contributed by atoms with Crippen molar-refractivity contribution in [1.29, 1.82) is 0 Å². The van der Waals surface area contributed by atoms with Crippen molar-refractivity contribution in [1.82, 2.24) is 15.5 Å². The molecule has 142 valence electrons. The van der Waals surface area contributed by atoms with Crippen LogP contribution in [0.25, 0.3) is 0 Å². The van der Waals surface area contributed by atoms with E-state index in [4.69, 9.17) is 0 Å². The van der Waals surface area contributed by atoms with Crippen LogP contribution in [0.5, 0.6) is 0 Å². The molecule has 5 heteroatoms. The normalized spacial score (nSPS) is 14.5. The minimum Gasteiger partial charge on any atom is -0.352 e. The van der Waals surface area contributed by atoms with Gasteiger partial charge in [-0.05, 0) is 30.0 Å². The summed E-state index contributed by atoms with van der Waals surface area (Å²) >= 11 is 0. The van der Waals surface area contributed by atoms with Crippen LogP contribution in [0.15, 0.2) is 53.5 Å². The molecule has 0 spiro atoms. The maximum absolute atomic E-state index is 11.8. The summed E-state index contributed by atoms with van der Waals surface area (Å²) in [6, 6.07) is 16.8. The summed E-state index contributed by atoms with van der Waals surface area (Å²) in [5.41, 5.74) is 4.84. The number of nitrogens with one attached hydrogen (secondary N) is 2. The van der Waals surface area contributed by atoms with Gasteiger partial charge in [0.1, 0.15) is 0 Å². The Labute approximate surface area is 161 Å². The van der Waals surface area contributed by atoms with Crippen molar-refractivity contribution in [3.63, 3.8) is 0 Å². The van der Waals surface area contributed by atoms with E-state index in [-0.39, 0.29) is 5.91 Å². The van der Waals surface area contributed by atoms with E-state index >= 15 is 0 Å². The van der Waals surface area contributed by atoms with Crippen molar-refractivity contribution in [2.24, 2.45) is 4.99 Å². The average molecular weight is 364 g/mol. The Morgan fingerprint density at radius 2 is 1.70 bits per heavy atom. The molecule has 1 saturated heterocycles. The fourth-order valence-corrected chi connectivity index (χ4v) is 3.34. The number of likely N-dealkylation sites (tertiary alicyclic amines) is 1. The monoisotopic (exact) mass is 364 g/mol. The predicted molar refractivity (Wildman–Crippen MR) is 109 cm³/mol. The van der Waals surface area contributed by atoms with Crippen LogP contribution in [0.2, 0.25) is 0 Å². The van der Waals surface area contributed by atoms with Crippen LogP contribution in [0, 0.1) is 6.92 Å². The highest BCUT2D eigenvalue weighted by Crippen LogP contribution is 2.15. The summed E-state index contributed by atoms with van der Waals surface area (Å²) in [6.07, 6.45) is 1.66. The van der Waals surface area contributed by atoms with Crippen molar-refractivity contribution < 1.29 is 4.79 Å². The van der Waals surface area contributed by atoms with Gasteiger partial charge < -0.3 is 15.5 Å². The van der Waals surface area contributed by atoms with E-state index in [0.29, 0.717) is 19.5 Å². The molecule has 27 heavy (non-hydrogen) atoms. The second kappa shape index (κ2) is 9.21. The van der Waals surface area contributed by atoms with Crippen LogP contribution < -0.4 is 10.6 Å². The quantitative estimate of drug-likeness (QED) is 0.612. The van der Waals surface area contributed by atoms with Crippen molar-refractivity contribution in [3.05, 3.63) is 70.8 Å². The molecule has 1 aliphatic heterocycles. The zero-order chi connectivity index (χ0) is 19.1. The second-order valence-corrected chi connectivity index (χ2v) is 7.01. The molecule has 3 rings (SSSR count). The third-order valence-electron chi connectivity index (χ3n) is 4.76. The lowest BCUT2D eigenvalue weighted by atomic mass is 10.1. The van der Waals surface area contributed by atoms with Gasteiger partial charge in [-0.1, -0.05) is 54.1 Å². The van der Waals surface area contributed by atoms with Crippen LogP contribution in [-0.2, 0) is 24.4 Å². The molecule has 1 heterocycles. The van der Waals surface area contributed by atoms with Gasteiger partial charge in [0.05, 0.1) is 0 Å². The first-order valence-corrected chi connectivity index (χ1v) is 9.50. The molecule has 1 aliphatic rings. The van der Waals surface area contributed by atoms with E-state index in [2.05, 4.69) is 71.1 Å². The number of nitrogens with zero attached hydrogens (tertiary/aromatic N) is 2. The molecule has 0 radical (unpaired) electrons. The molecular weight excluding hydrogens is 336 g/mol. The first-order valence-electron chi connectivity index (χ1n) is 9.50. The maximum atomic E-state index is 11.8. The molecular formula is C22H28N4O. The Morgan fingerprint density at radius 1 is 1.04 bits per heavy atom. The smallest absolute Gasteiger partial charge is 0.222 e. The van der Waals surface area contributed by atoms with Gasteiger partial charge in [-0.3, -0.25) is 9.79 Å². The van der Waals surface area contributed by atoms with Crippen LogP contribution in [0.4, 0.5) is 0 Å². The Balaban J connectivity index is 1.52. The molecule has 0 saturated carbocycles. The number of aryl methyl sites for hydroxylation is 1. The summed E-state index contributed by atoms with van der Waals surface area (Å²) in [4.78, 5) is 18.1. The van der Waals surface area contributed by atoms with E-state index in [0.717, 1.165) is 25.5 Å². The maximum Gasteiger partial charge on any atom is 0.222 e. The van der Waals surface area contributed by atoms with E-state index in [1.54, 1.807) is 7.05 Å². The summed E-state index contributed by atoms with van der Waals surface area (Å²) in [5, 5.41) is 6.71. The summed E-state index contributed by atoms with van der Waals surface area (Å²) in [6.45, 7) is 5.09. The highest BCUT2D eigenvalue weighted by molar-refractivity contribution is 5.79. The number of carbonyl (C=O) groups excluding carboxylic acids is 1. The largest absolute Gasteiger partial charge is 0.352 e. The number of carbonyl (C=O) groups is 1. The van der Waals surface area contributed by atoms with Crippen molar-refractivity contribution in [2.45, 2.75) is 39.4 Å². The molecule has 1 fully saturated rings. The number of hydrogen-bond donors (Lipinski definition) is 2. The number of aliphatic imine (C=N–C) groups is 1. The molecule has 2 aromatic carbocycles. The van der Waals surface area contributed by atoms with Gasteiger partial charge in [0.2, 0.25) is 5.91 Å². The van der Waals surface area contributed by atoms with E-state index in [1.165, 1.54) is 22.3 Å². The van der Waals surface area contributed by atoms with Crippen LogP contribution in [0.3, 0.4) is 0 Å². The first kappa shape index (κ1) is 19.0. The highest BCUT2D eigenvalue weighted by atomic mass is 16.2. The lowest BCUT2D eigenvalue weighted by Gasteiger charge is -2.16. The second-order valence-electron chi connectivity index (χ2n) is 7.01. The van der Waals surface area contributed by atoms with Gasteiger partial charge in [-0.15, -0.1) is 0 Å². The Kier molecular flexibility index (Phi) is 6.47. The van der Waals surface area contributed by atoms with Crippen molar-refractivity contribution >= 4 is 11.9 Å². The van der Waals surface area contributed by atoms with Gasteiger partial charge in [-0.25, -0.2) is 0 Å². The Bertz CT molecular complexity index is 815. The predicted octanol–water partition coefficient (Wildman–Crippen LogP) is 2.98. The topological polar surface area (TPSA) is 56.7 Å². The van der Waals surface area contributed by atoms with Crippen LogP contribution in [-0.4, -0.2) is 30.4 Å². The molecule has 2 aromatic rings. The summed E-state index contributed by atoms with van der Waals surface area (Å²) < 4.78 is 0. The molecule has 5 nitrogen and oxygen atoms in total. The van der Waals surface area contributed by atoms with Crippen molar-refractivity contribution in [3.8, 4) is 0 Å². The summed E-state index contributed by atoms with van der Waals surface area (Å²) in [7, 11) is 1.78. The number of amides is 1. The fourth-order valence-electron chi connectivity index (χ4n) is 3.34. The molecule has 0 aliphatic carbocycles. The Morgan fingerprint density at radius 3 is 2.33 bits per heavy atom. The molecule has 0 unspecified atom stereocenters. The van der Waals surface area contributed by atoms with E-state index in [9.17, 15) is 4.79 Å².